The van der Waals surface area contributed by atoms with Crippen LogP contribution in [0.1, 0.15) is 37.6 Å². The van der Waals surface area contributed by atoms with Gasteiger partial charge >= 0.3 is 0 Å². The molecular weight excluding hydrogens is 484 g/mol. The van der Waals surface area contributed by atoms with Gasteiger partial charge in [0.1, 0.15) is 0 Å². The van der Waals surface area contributed by atoms with Crippen LogP contribution in [0.15, 0.2) is 71.7 Å². The summed E-state index contributed by atoms with van der Waals surface area (Å²) in [6.45, 7) is 13.3. The summed E-state index contributed by atoms with van der Waals surface area (Å²) in [5, 5.41) is 0.706. The molecule has 7 nitrogen and oxygen atoms in total. The van der Waals surface area contributed by atoms with Crippen LogP contribution in [-0.2, 0) is 7.05 Å². The van der Waals surface area contributed by atoms with Crippen molar-refractivity contribution in [2.45, 2.75) is 38.4 Å². The molecule has 0 spiro atoms. The van der Waals surface area contributed by atoms with E-state index in [1.54, 1.807) is 23.7 Å². The highest BCUT2D eigenvalue weighted by Gasteiger charge is 2.38. The molecular formula is C29H29ClN6O. The maximum absolute atomic E-state index is 12.9. The maximum atomic E-state index is 12.9. The number of fused-ring (bicyclic) bond motifs is 1. The highest BCUT2D eigenvalue weighted by Crippen LogP contribution is 2.36. The fourth-order valence-corrected chi connectivity index (χ4v) is 5.50. The molecule has 4 aromatic rings. The first-order valence-corrected chi connectivity index (χ1v) is 12.9. The summed E-state index contributed by atoms with van der Waals surface area (Å²) in [7, 11) is 1.74. The van der Waals surface area contributed by atoms with Gasteiger partial charge < -0.3 is 14.3 Å². The van der Waals surface area contributed by atoms with Gasteiger partial charge in [-0.05, 0) is 55.3 Å². The normalized spacial score (nSPS) is 19.1. The molecule has 1 unspecified atom stereocenters. The van der Waals surface area contributed by atoms with Gasteiger partial charge in [-0.2, -0.15) is 0 Å². The summed E-state index contributed by atoms with van der Waals surface area (Å²) >= 11 is 6.22. The Labute approximate surface area is 221 Å². The summed E-state index contributed by atoms with van der Waals surface area (Å²) in [5.41, 5.74) is 4.25. The quantitative estimate of drug-likeness (QED) is 0.325. The van der Waals surface area contributed by atoms with Crippen molar-refractivity contribution in [1.29, 1.82) is 0 Å². The van der Waals surface area contributed by atoms with Crippen molar-refractivity contribution in [2.75, 3.05) is 18.0 Å². The summed E-state index contributed by atoms with van der Waals surface area (Å²) in [5.74, 6) is 0.323. The topological polar surface area (TPSA) is 58.6 Å². The van der Waals surface area contributed by atoms with E-state index in [1.807, 2.05) is 36.5 Å². The first-order chi connectivity index (χ1) is 17.9. The second kappa shape index (κ2) is 10.3. The van der Waals surface area contributed by atoms with Gasteiger partial charge in [0.25, 0.3) is 11.4 Å². The summed E-state index contributed by atoms with van der Waals surface area (Å²) in [6, 6.07) is 19.5. The van der Waals surface area contributed by atoms with Crippen LogP contribution in [0.4, 0.5) is 11.5 Å². The third-order valence-electron chi connectivity index (χ3n) is 7.32. The molecule has 1 aliphatic heterocycles. The van der Waals surface area contributed by atoms with Crippen molar-refractivity contribution >= 4 is 34.1 Å². The molecule has 3 aromatic heterocycles. The molecule has 5 rings (SSSR count). The van der Waals surface area contributed by atoms with E-state index in [2.05, 4.69) is 51.7 Å². The van der Waals surface area contributed by atoms with Crippen molar-refractivity contribution in [3.05, 3.63) is 105 Å². The molecule has 1 fully saturated rings. The van der Waals surface area contributed by atoms with Gasteiger partial charge in [0, 0.05) is 49.5 Å². The van der Waals surface area contributed by atoms with Crippen molar-refractivity contribution < 1.29 is 0 Å². The van der Waals surface area contributed by atoms with Crippen LogP contribution >= 0.6 is 11.6 Å². The number of aryl methyl sites for hydroxylation is 1. The van der Waals surface area contributed by atoms with Gasteiger partial charge in [0.05, 0.1) is 22.9 Å². The van der Waals surface area contributed by atoms with E-state index in [0.29, 0.717) is 16.4 Å². The molecule has 1 aliphatic rings. The summed E-state index contributed by atoms with van der Waals surface area (Å²) in [6.07, 6.45) is 2.76. The van der Waals surface area contributed by atoms with E-state index in [4.69, 9.17) is 23.2 Å². The highest BCUT2D eigenvalue weighted by molar-refractivity contribution is 6.30. The number of aromatic nitrogens is 3. The Morgan fingerprint density at radius 1 is 1.14 bits per heavy atom. The van der Waals surface area contributed by atoms with Gasteiger partial charge in [0.15, 0.2) is 0 Å². The molecule has 0 N–H and O–H groups in total. The lowest BCUT2D eigenvalue weighted by Crippen LogP contribution is -2.58. The largest absolute Gasteiger partial charge is 0.362 e. The number of nitrogens with zero attached hydrogens (tertiary/aromatic N) is 6. The lowest BCUT2D eigenvalue weighted by atomic mass is 9.95. The highest BCUT2D eigenvalue weighted by atomic mass is 35.5. The van der Waals surface area contributed by atoms with Crippen LogP contribution in [0.3, 0.4) is 0 Å². The Morgan fingerprint density at radius 3 is 2.59 bits per heavy atom. The average Bonchev–Trinajstić information content (AvgIpc) is 2.92. The average molecular weight is 513 g/mol. The zero-order chi connectivity index (χ0) is 26.1. The van der Waals surface area contributed by atoms with E-state index >= 15 is 0 Å². The van der Waals surface area contributed by atoms with Gasteiger partial charge in [-0.3, -0.25) is 14.7 Å². The first-order valence-electron chi connectivity index (χ1n) is 12.5. The number of benzene rings is 1. The molecule has 0 aliphatic carbocycles. The van der Waals surface area contributed by atoms with Crippen LogP contribution in [0, 0.1) is 6.57 Å². The Morgan fingerprint density at radius 2 is 1.92 bits per heavy atom. The first kappa shape index (κ1) is 24.9. The molecule has 8 heteroatoms. The summed E-state index contributed by atoms with van der Waals surface area (Å²) < 4.78 is 1.59. The lowest BCUT2D eigenvalue weighted by molar-refractivity contribution is 0.114. The Hall–Kier alpha value is -3.73. The van der Waals surface area contributed by atoms with Crippen molar-refractivity contribution in [2.24, 2.45) is 7.05 Å². The molecule has 0 radical (unpaired) electrons. The van der Waals surface area contributed by atoms with Crippen LogP contribution in [-0.4, -0.2) is 44.6 Å². The Balaban J connectivity index is 1.58. The van der Waals surface area contributed by atoms with E-state index in [1.165, 1.54) is 0 Å². The SMILES string of the molecule is [C-]#[N+]c1ccc2c(n1)c(N1C[C@@H](CC)N(C(c3ccc(Cl)cc3)c3ccccn3)C[C@@H]1C)cc(=O)n2C. The third-order valence-corrected chi connectivity index (χ3v) is 7.57. The molecule has 4 heterocycles. The number of anilines is 1. The Kier molecular flexibility index (Phi) is 6.96. The van der Waals surface area contributed by atoms with E-state index < -0.39 is 0 Å². The zero-order valence-electron chi connectivity index (χ0n) is 21.2. The van der Waals surface area contributed by atoms with E-state index in [0.717, 1.165) is 42.0 Å². The zero-order valence-corrected chi connectivity index (χ0v) is 21.9. The minimum atomic E-state index is -0.0879. The molecule has 3 atom stereocenters. The van der Waals surface area contributed by atoms with Crippen LogP contribution in [0.25, 0.3) is 15.9 Å². The molecule has 1 saturated heterocycles. The fourth-order valence-electron chi connectivity index (χ4n) is 5.38. The fraction of sp³-hybridized carbons (Fsp3) is 0.310. The van der Waals surface area contributed by atoms with Gasteiger partial charge in [0.2, 0.25) is 5.52 Å². The predicted molar refractivity (Wildman–Crippen MR) is 148 cm³/mol. The summed E-state index contributed by atoms with van der Waals surface area (Å²) in [4.78, 5) is 30.6. The minimum Gasteiger partial charge on any atom is -0.362 e. The smallest absolute Gasteiger partial charge is 0.270 e. The number of pyridine rings is 3. The van der Waals surface area contributed by atoms with Crippen LogP contribution < -0.4 is 10.5 Å². The molecule has 0 amide bonds. The van der Waals surface area contributed by atoms with Gasteiger partial charge in [-0.25, -0.2) is 0 Å². The number of piperazine rings is 1. The molecule has 0 saturated carbocycles. The maximum Gasteiger partial charge on any atom is 0.270 e. The second-order valence-corrected chi connectivity index (χ2v) is 9.98. The Bertz CT molecular complexity index is 1510. The number of hydrogen-bond acceptors (Lipinski definition) is 5. The molecule has 37 heavy (non-hydrogen) atoms. The van der Waals surface area contributed by atoms with Gasteiger partial charge in [-0.1, -0.05) is 43.3 Å². The molecule has 188 valence electrons. The number of hydrogen-bond donors (Lipinski definition) is 0. The minimum absolute atomic E-state index is 0.0276. The van der Waals surface area contributed by atoms with Gasteiger partial charge in [-0.15, -0.1) is 4.98 Å². The lowest BCUT2D eigenvalue weighted by Gasteiger charge is -2.49. The van der Waals surface area contributed by atoms with Crippen LogP contribution in [0.5, 0.6) is 0 Å². The van der Waals surface area contributed by atoms with Crippen molar-refractivity contribution in [3.63, 3.8) is 0 Å². The standard InChI is InChI=1S/C29H29ClN6O/c1-5-22-18-35(25-16-27(37)34(4)24-13-14-26(31-3)33-28(24)25)19(2)17-36(22)29(23-8-6-7-15-32-23)20-9-11-21(30)12-10-20/h6-16,19,22,29H,5,17-18H2,1-2,4H3/t19-,22+,29?/m0/s1. The van der Waals surface area contributed by atoms with Crippen molar-refractivity contribution in [1.82, 2.24) is 19.4 Å². The molecule has 1 aromatic carbocycles. The van der Waals surface area contributed by atoms with E-state index in [-0.39, 0.29) is 23.7 Å². The van der Waals surface area contributed by atoms with Crippen LogP contribution in [0.2, 0.25) is 5.02 Å². The number of rotatable bonds is 5. The van der Waals surface area contributed by atoms with Crippen molar-refractivity contribution in [3.8, 4) is 0 Å². The monoisotopic (exact) mass is 512 g/mol. The third kappa shape index (κ3) is 4.71. The number of halogens is 1. The predicted octanol–water partition coefficient (Wildman–Crippen LogP) is 5.61. The molecule has 0 bridgehead atoms. The van der Waals surface area contributed by atoms with E-state index in [9.17, 15) is 4.79 Å². The second-order valence-electron chi connectivity index (χ2n) is 9.54.